The number of fused-ring (bicyclic) bond motifs is 1. The number of nitrogens with zero attached hydrogens (tertiary/aromatic N) is 1. The number of thioether (sulfide) groups is 1. The van der Waals surface area contributed by atoms with Crippen molar-refractivity contribution in [2.75, 3.05) is 13.7 Å². The second-order valence-corrected chi connectivity index (χ2v) is 5.36. The van der Waals surface area contributed by atoms with Crippen LogP contribution in [0.5, 0.6) is 0 Å². The fourth-order valence-electron chi connectivity index (χ4n) is 1.90. The molecule has 22 heavy (non-hydrogen) atoms. The quantitative estimate of drug-likeness (QED) is 0.675. The number of nitrogens with one attached hydrogen (secondary N) is 1. The van der Waals surface area contributed by atoms with Crippen LogP contribution in [-0.2, 0) is 9.53 Å². The Morgan fingerprint density at radius 2 is 2.32 bits per heavy atom. The van der Waals surface area contributed by atoms with Crippen LogP contribution in [0, 0.1) is 11.8 Å². The van der Waals surface area contributed by atoms with Gasteiger partial charge in [-0.25, -0.2) is 0 Å². The van der Waals surface area contributed by atoms with Crippen LogP contribution in [0.3, 0.4) is 0 Å². The zero-order valence-corrected chi connectivity index (χ0v) is 12.3. The van der Waals surface area contributed by atoms with Gasteiger partial charge in [0.15, 0.2) is 5.58 Å². The lowest BCUT2D eigenvalue weighted by Crippen LogP contribution is -2.17. The van der Waals surface area contributed by atoms with Gasteiger partial charge in [-0.1, -0.05) is 11.8 Å². The van der Waals surface area contributed by atoms with Gasteiger partial charge in [-0.3, -0.25) is 19.9 Å². The number of carbonyl (C=O) groups is 2. The monoisotopic (exact) mass is 314 g/mol. The Kier molecular flexibility index (Phi) is 3.96. The highest BCUT2D eigenvalue weighted by molar-refractivity contribution is 8.18. The first-order valence-corrected chi connectivity index (χ1v) is 7.09. The number of hydrogen-bond donors (Lipinski definition) is 1. The van der Waals surface area contributed by atoms with Gasteiger partial charge < -0.3 is 9.15 Å². The summed E-state index contributed by atoms with van der Waals surface area (Å²) in [5.41, 5.74) is 1.22. The maximum atomic E-state index is 11.5. The zero-order chi connectivity index (χ0) is 15.5. The molecule has 2 amide bonds. The standard InChI is InChI=1S/C15H10N2O4S/c1-20-4-2-3-9-7-16-8-10-5-11(21-13(9)10)6-12-14(18)17-15(19)22-12/h5-8H,4H2,1H3,(H,17,18,19). The minimum atomic E-state index is -0.423. The molecule has 0 aliphatic carbocycles. The Morgan fingerprint density at radius 1 is 1.45 bits per heavy atom. The molecule has 2 aromatic rings. The second-order valence-electron chi connectivity index (χ2n) is 4.34. The van der Waals surface area contributed by atoms with E-state index in [1.54, 1.807) is 25.6 Å². The van der Waals surface area contributed by atoms with E-state index in [-0.39, 0.29) is 5.24 Å². The number of furan rings is 1. The van der Waals surface area contributed by atoms with Crippen molar-refractivity contribution in [3.05, 3.63) is 34.7 Å². The number of rotatable bonds is 2. The predicted octanol–water partition coefficient (Wildman–Crippen LogP) is 2.15. The van der Waals surface area contributed by atoms with Gasteiger partial charge in [0.1, 0.15) is 12.4 Å². The Balaban J connectivity index is 1.99. The summed E-state index contributed by atoms with van der Waals surface area (Å²) < 4.78 is 10.6. The molecule has 3 rings (SSSR count). The molecule has 0 saturated carbocycles. The lowest BCUT2D eigenvalue weighted by atomic mass is 10.2. The van der Waals surface area contributed by atoms with Crippen LogP contribution in [0.25, 0.3) is 17.0 Å². The summed E-state index contributed by atoms with van der Waals surface area (Å²) in [5.74, 6) is 5.80. The maximum absolute atomic E-state index is 11.5. The van der Waals surface area contributed by atoms with Gasteiger partial charge >= 0.3 is 0 Å². The highest BCUT2D eigenvalue weighted by atomic mass is 32.2. The van der Waals surface area contributed by atoms with Gasteiger partial charge in [0.2, 0.25) is 0 Å². The number of ether oxygens (including phenoxy) is 1. The molecule has 1 saturated heterocycles. The van der Waals surface area contributed by atoms with Crippen LogP contribution < -0.4 is 5.32 Å². The van der Waals surface area contributed by atoms with E-state index in [0.717, 1.165) is 17.1 Å². The van der Waals surface area contributed by atoms with E-state index in [9.17, 15) is 9.59 Å². The molecule has 1 fully saturated rings. The molecule has 3 heterocycles. The van der Waals surface area contributed by atoms with Crippen LogP contribution in [0.4, 0.5) is 4.79 Å². The van der Waals surface area contributed by atoms with Crippen LogP contribution in [0.15, 0.2) is 27.8 Å². The minimum absolute atomic E-state index is 0.295. The number of pyridine rings is 1. The van der Waals surface area contributed by atoms with E-state index < -0.39 is 5.91 Å². The molecule has 0 bridgehead atoms. The number of carbonyl (C=O) groups excluding carboxylic acids is 2. The first-order valence-electron chi connectivity index (χ1n) is 6.27. The summed E-state index contributed by atoms with van der Waals surface area (Å²) in [7, 11) is 1.57. The largest absolute Gasteiger partial charge is 0.455 e. The van der Waals surface area contributed by atoms with E-state index in [4.69, 9.17) is 9.15 Å². The van der Waals surface area contributed by atoms with Crippen molar-refractivity contribution in [2.24, 2.45) is 0 Å². The highest BCUT2D eigenvalue weighted by Gasteiger charge is 2.25. The lowest BCUT2D eigenvalue weighted by molar-refractivity contribution is -0.115. The molecule has 1 aliphatic rings. The summed E-state index contributed by atoms with van der Waals surface area (Å²) in [6.07, 6.45) is 4.78. The Hall–Kier alpha value is -2.56. The maximum Gasteiger partial charge on any atom is 0.290 e. The van der Waals surface area contributed by atoms with E-state index in [2.05, 4.69) is 22.1 Å². The Morgan fingerprint density at radius 3 is 3.05 bits per heavy atom. The van der Waals surface area contributed by atoms with Crippen molar-refractivity contribution < 1.29 is 18.7 Å². The van der Waals surface area contributed by atoms with Crippen LogP contribution >= 0.6 is 11.8 Å². The average molecular weight is 314 g/mol. The van der Waals surface area contributed by atoms with Gasteiger partial charge in [0.05, 0.1) is 10.5 Å². The third kappa shape index (κ3) is 2.88. The molecule has 0 unspecified atom stereocenters. The predicted molar refractivity (Wildman–Crippen MR) is 81.9 cm³/mol. The first-order chi connectivity index (χ1) is 10.7. The molecule has 1 N–H and O–H groups in total. The fraction of sp³-hybridized carbons (Fsp3) is 0.133. The van der Waals surface area contributed by atoms with Crippen LogP contribution in [0.2, 0.25) is 0 Å². The first kappa shape index (κ1) is 14.4. The molecule has 0 spiro atoms. The van der Waals surface area contributed by atoms with Gasteiger partial charge in [0, 0.05) is 31.0 Å². The third-order valence-electron chi connectivity index (χ3n) is 2.80. The van der Waals surface area contributed by atoms with Gasteiger partial charge in [-0.15, -0.1) is 0 Å². The van der Waals surface area contributed by atoms with Crippen LogP contribution in [0.1, 0.15) is 11.3 Å². The molecule has 2 aromatic heterocycles. The molecular formula is C15H10N2O4S. The minimum Gasteiger partial charge on any atom is -0.455 e. The van der Waals surface area contributed by atoms with Crippen molar-refractivity contribution in [3.63, 3.8) is 0 Å². The Bertz CT molecular complexity index is 857. The highest BCUT2D eigenvalue weighted by Crippen LogP contribution is 2.28. The smallest absolute Gasteiger partial charge is 0.290 e. The van der Waals surface area contributed by atoms with Crippen LogP contribution in [-0.4, -0.2) is 29.8 Å². The SMILES string of the molecule is COCC#Cc1cncc2cc(C=C3SC(=O)NC3=O)oc12. The fourth-order valence-corrected chi connectivity index (χ4v) is 2.56. The Labute approximate surface area is 129 Å². The van der Waals surface area contributed by atoms with Crippen molar-refractivity contribution in [2.45, 2.75) is 0 Å². The van der Waals surface area contributed by atoms with Gasteiger partial charge in [0.25, 0.3) is 11.1 Å². The number of amides is 2. The van der Waals surface area contributed by atoms with E-state index in [1.807, 2.05) is 0 Å². The molecule has 7 heteroatoms. The molecule has 0 aromatic carbocycles. The van der Waals surface area contributed by atoms with E-state index in [1.165, 1.54) is 6.08 Å². The molecular weight excluding hydrogens is 304 g/mol. The normalized spacial score (nSPS) is 16.0. The number of methoxy groups -OCH3 is 1. The summed E-state index contributed by atoms with van der Waals surface area (Å²) >= 11 is 0.841. The molecule has 6 nitrogen and oxygen atoms in total. The third-order valence-corrected chi connectivity index (χ3v) is 3.61. The van der Waals surface area contributed by atoms with E-state index in [0.29, 0.717) is 28.4 Å². The molecule has 0 radical (unpaired) electrons. The second kappa shape index (κ2) is 6.05. The summed E-state index contributed by atoms with van der Waals surface area (Å²) in [4.78, 5) is 27.1. The number of imide groups is 1. The molecule has 0 atom stereocenters. The summed E-state index contributed by atoms with van der Waals surface area (Å²) in [5, 5.41) is 2.57. The van der Waals surface area contributed by atoms with Gasteiger partial charge in [-0.2, -0.15) is 0 Å². The van der Waals surface area contributed by atoms with Gasteiger partial charge in [-0.05, 0) is 17.8 Å². The topological polar surface area (TPSA) is 81.4 Å². The van der Waals surface area contributed by atoms with Crippen molar-refractivity contribution >= 4 is 40.0 Å². The summed E-state index contributed by atoms with van der Waals surface area (Å²) in [6.45, 7) is 0.312. The molecule has 110 valence electrons. The lowest BCUT2D eigenvalue weighted by Gasteiger charge is -1.92. The van der Waals surface area contributed by atoms with Crippen molar-refractivity contribution in [1.82, 2.24) is 10.3 Å². The summed E-state index contributed by atoms with van der Waals surface area (Å²) in [6, 6.07) is 1.74. The number of aromatic nitrogens is 1. The molecule has 1 aliphatic heterocycles. The number of hydrogen-bond acceptors (Lipinski definition) is 6. The average Bonchev–Trinajstić information content (AvgIpc) is 3.03. The van der Waals surface area contributed by atoms with Crippen molar-refractivity contribution in [1.29, 1.82) is 0 Å². The zero-order valence-electron chi connectivity index (χ0n) is 11.5. The van der Waals surface area contributed by atoms with Crippen molar-refractivity contribution in [3.8, 4) is 11.8 Å². The van der Waals surface area contributed by atoms with E-state index >= 15 is 0 Å².